The minimum Gasteiger partial charge on any atom is -0.545 e. The number of carbonyl (C=O) groups excluding carboxylic acids is 2. The number of phosphoric ester groups is 1. The lowest BCUT2D eigenvalue weighted by Gasteiger charge is -2.20. The highest BCUT2D eigenvalue weighted by molar-refractivity contribution is 7.66. The molecule has 384 valence electrons. The van der Waals surface area contributed by atoms with Crippen LogP contribution in [-0.4, -0.2) is 97.0 Å². The molecule has 1 amide bonds. The zero-order valence-corrected chi connectivity index (χ0v) is 41.1. The van der Waals surface area contributed by atoms with Crippen molar-refractivity contribution in [3.8, 4) is 34.3 Å². The lowest BCUT2D eigenvalue weighted by atomic mass is 9.89. The van der Waals surface area contributed by atoms with Gasteiger partial charge in [-0.2, -0.15) is 13.6 Å². The summed E-state index contributed by atoms with van der Waals surface area (Å²) in [5.74, 6) is 3.91. The molecular weight excluding hydrogens is 1020 g/mol. The smallest absolute Gasteiger partial charge is 0.490 e. The Bertz CT molecular complexity index is 3460. The Morgan fingerprint density at radius 1 is 0.986 bits per heavy atom. The number of fused-ring (bicyclic) bond motifs is 2. The summed E-state index contributed by atoms with van der Waals surface area (Å²) >= 11 is 0. The van der Waals surface area contributed by atoms with E-state index < -0.39 is 71.0 Å². The fraction of sp³-hybridized carbons (Fsp3) is 0.250. The number of aliphatic hydroxyl groups excluding tert-OH is 1. The van der Waals surface area contributed by atoms with Crippen LogP contribution in [0.1, 0.15) is 51.4 Å². The van der Waals surface area contributed by atoms with E-state index in [1.807, 2.05) is 44.1 Å². The van der Waals surface area contributed by atoms with Crippen LogP contribution in [0.15, 0.2) is 99.3 Å². The van der Waals surface area contributed by atoms with Gasteiger partial charge in [-0.3, -0.25) is 29.0 Å². The van der Waals surface area contributed by atoms with Gasteiger partial charge >= 0.3 is 29.2 Å². The van der Waals surface area contributed by atoms with Crippen molar-refractivity contribution in [1.29, 1.82) is 0 Å². The molecule has 2 aliphatic heterocycles. The van der Waals surface area contributed by atoms with Crippen LogP contribution in [0.2, 0.25) is 0 Å². The summed E-state index contributed by atoms with van der Waals surface area (Å²) < 4.78 is 59.1. The van der Waals surface area contributed by atoms with Crippen LogP contribution in [0.25, 0.3) is 33.4 Å². The highest BCUT2D eigenvalue weighted by Crippen LogP contribution is 2.66. The van der Waals surface area contributed by atoms with Crippen molar-refractivity contribution >= 4 is 63.5 Å². The molecule has 0 saturated carbocycles. The number of aromatic carboxylic acids is 1. The average molecular weight is 1070 g/mol. The molecule has 1 fully saturated rings. The molecular formula is C44H43N7O19P3-. The van der Waals surface area contributed by atoms with Crippen molar-refractivity contribution in [2.75, 3.05) is 44.0 Å². The molecule has 3 unspecified atom stereocenters. The largest absolute Gasteiger partial charge is 0.545 e. The van der Waals surface area contributed by atoms with Crippen molar-refractivity contribution in [1.82, 2.24) is 14.9 Å². The number of phosphoric acid groups is 3. The molecule has 7 rings (SSSR count). The monoisotopic (exact) mass is 1070 g/mol. The molecule has 1 saturated heterocycles. The zero-order chi connectivity index (χ0) is 53.0. The Morgan fingerprint density at radius 2 is 1.75 bits per heavy atom. The van der Waals surface area contributed by atoms with Crippen LogP contribution in [-0.2, 0) is 38.1 Å². The number of hydrogen-bond acceptors (Lipinski definition) is 19. The average Bonchev–Trinajstić information content (AvgIpc) is 3.68. The van der Waals surface area contributed by atoms with Gasteiger partial charge in [-0.25, -0.2) is 18.5 Å². The van der Waals surface area contributed by atoms with Crippen LogP contribution >= 0.6 is 23.5 Å². The number of aromatic nitrogens is 2. The van der Waals surface area contributed by atoms with E-state index in [1.54, 1.807) is 18.2 Å². The summed E-state index contributed by atoms with van der Waals surface area (Å²) in [4.78, 5) is 97.1. The van der Waals surface area contributed by atoms with Gasteiger partial charge in [0.2, 0.25) is 0 Å². The second-order valence-corrected chi connectivity index (χ2v) is 20.4. The van der Waals surface area contributed by atoms with Gasteiger partial charge in [0.15, 0.2) is 0 Å². The van der Waals surface area contributed by atoms with Crippen LogP contribution in [0.3, 0.4) is 0 Å². The number of hydrogen-bond donors (Lipinski definition) is 7. The van der Waals surface area contributed by atoms with Crippen LogP contribution in [0.4, 0.5) is 17.2 Å². The molecule has 3 aromatic carbocycles. The molecule has 1 aromatic heterocycles. The van der Waals surface area contributed by atoms with E-state index in [1.165, 1.54) is 48.7 Å². The van der Waals surface area contributed by atoms with E-state index >= 15 is 0 Å². The molecule has 29 heteroatoms. The number of nitrogens with one attached hydrogen (secondary N) is 2. The second kappa shape index (κ2) is 22.0. The number of carboxylic acid groups (broad SMARTS) is 1. The third-order valence-corrected chi connectivity index (χ3v) is 14.6. The minimum absolute atomic E-state index is 0.0174. The number of nitrogens with zero attached hydrogens (tertiary/aromatic N) is 5. The Hall–Kier alpha value is -6.94. The summed E-state index contributed by atoms with van der Waals surface area (Å²) in [5.41, 5.74) is 1.67. The fourth-order valence-corrected chi connectivity index (χ4v) is 10.6. The van der Waals surface area contributed by atoms with Crippen molar-refractivity contribution in [2.45, 2.75) is 38.3 Å². The molecule has 5 atom stereocenters. The number of ether oxygens (including phenoxy) is 1. The first-order chi connectivity index (χ1) is 34.4. The molecule has 1 aliphatic carbocycles. The molecule has 0 bridgehead atoms. The standard InChI is InChI=1S/C44H44N7O19P3/c1-4-45-28-10-13-31-36(20-28)67-37-21-29(49(2)3)11-14-32(37)41(31)33-19-26(9-12-30(33)43(54)55)42(53)46-16-5-6-25-7-8-27(34(18-25)51(57)58)23-47-39-15-17-50(44(56)48-39)40-22-35(52)38(68-40)24-66-72(62,63)70-73(64,65)69-71(59,60)61/h7-15,17-21,35,38,40,52H,4,16,22-24H2,1-3H3,(H,46,53)(H,54,55)(H,62,63)(H,64,65)(H,47,48,56)(H2,59,60,61)/p-1/t35?,38-,40-/m1/s1. The Labute approximate surface area is 412 Å². The van der Waals surface area contributed by atoms with Gasteiger partial charge in [0, 0.05) is 102 Å². The number of anilines is 2. The molecule has 3 heterocycles. The van der Waals surface area contributed by atoms with Crippen molar-refractivity contribution in [2.24, 2.45) is 4.99 Å². The van der Waals surface area contributed by atoms with Gasteiger partial charge in [0.1, 0.15) is 29.5 Å². The van der Waals surface area contributed by atoms with Crippen molar-refractivity contribution in [3.05, 3.63) is 133 Å². The predicted molar refractivity (Wildman–Crippen MR) is 256 cm³/mol. The van der Waals surface area contributed by atoms with Gasteiger partial charge in [-0.1, -0.05) is 17.9 Å². The van der Waals surface area contributed by atoms with Gasteiger partial charge in [-0.05, 0) is 67.1 Å². The van der Waals surface area contributed by atoms with Gasteiger partial charge in [-0.15, -0.1) is 0 Å². The van der Waals surface area contributed by atoms with Crippen molar-refractivity contribution in [3.63, 3.8) is 0 Å². The van der Waals surface area contributed by atoms with Gasteiger partial charge < -0.3 is 59.3 Å². The number of nitro benzene ring substituents is 1. The molecule has 7 N–H and O–H groups in total. The van der Waals surface area contributed by atoms with E-state index in [2.05, 4.69) is 45.6 Å². The van der Waals surface area contributed by atoms with Gasteiger partial charge in [0.25, 0.3) is 11.6 Å². The SMILES string of the molecule is CCN=c1ccc2c(-c3cc(C(=O)NCC#Cc4ccc(CNc5ccn([C@H]6CC(O)[C@@H](COP(=O)(O)OP(=O)(O)OP(=O)(O)O)O6)c(=O)n5)c([N+](=O)[O-])c4)ccc3C(=O)[O-])c3ccc(N(C)C)cc3oc-2c1. The zero-order valence-electron chi connectivity index (χ0n) is 38.4. The van der Waals surface area contributed by atoms with E-state index in [4.69, 9.17) is 18.9 Å². The van der Waals surface area contributed by atoms with Crippen LogP contribution in [0.5, 0.6) is 0 Å². The number of carboxylic acids is 1. The minimum atomic E-state index is -5.79. The Kier molecular flexibility index (Phi) is 16.3. The number of aliphatic hydroxyl groups is 1. The first kappa shape index (κ1) is 53.8. The molecule has 0 radical (unpaired) electrons. The van der Waals surface area contributed by atoms with E-state index in [9.17, 15) is 58.2 Å². The molecule has 73 heavy (non-hydrogen) atoms. The maximum atomic E-state index is 13.5. The number of nitro groups is 1. The quantitative estimate of drug-likeness (QED) is 0.0213. The molecule has 26 nitrogen and oxygen atoms in total. The summed E-state index contributed by atoms with van der Waals surface area (Å²) in [5, 5.41) is 41.8. The summed E-state index contributed by atoms with van der Waals surface area (Å²) in [6, 6.07) is 20.4. The highest BCUT2D eigenvalue weighted by atomic mass is 31.3. The third-order valence-electron chi connectivity index (χ3n) is 10.8. The second-order valence-electron chi connectivity index (χ2n) is 16.0. The normalized spacial score (nSPS) is 17.6. The third kappa shape index (κ3) is 13.4. The summed E-state index contributed by atoms with van der Waals surface area (Å²) in [6.45, 7) is 1.06. The maximum Gasteiger partial charge on any atom is 0.490 e. The number of benzene rings is 4. The fourth-order valence-electron chi connectivity index (χ4n) is 7.54. The number of rotatable bonds is 18. The molecule has 4 aromatic rings. The number of amides is 1. The molecule has 0 spiro atoms. The highest BCUT2D eigenvalue weighted by Gasteiger charge is 2.43. The van der Waals surface area contributed by atoms with Crippen molar-refractivity contribution < 1.29 is 80.3 Å². The predicted octanol–water partition coefficient (Wildman–Crippen LogP) is 3.40. The van der Waals surface area contributed by atoms with Gasteiger partial charge in [0.05, 0.1) is 35.5 Å². The Balaban J connectivity index is 1.00. The molecule has 3 aliphatic rings. The lowest BCUT2D eigenvalue weighted by Crippen LogP contribution is -2.28. The summed E-state index contributed by atoms with van der Waals surface area (Å²) in [6.07, 6.45) is -3.10. The first-order valence-electron chi connectivity index (χ1n) is 21.4. The van der Waals surface area contributed by atoms with Crippen LogP contribution in [0, 0.1) is 22.0 Å². The summed E-state index contributed by atoms with van der Waals surface area (Å²) in [7, 11) is -13.2. The first-order valence-corrected chi connectivity index (χ1v) is 26.0. The van der Waals surface area contributed by atoms with E-state index in [-0.39, 0.29) is 58.8 Å². The number of carbonyl (C=O) groups is 2. The topological polar surface area (TPSA) is 377 Å². The van der Waals surface area contributed by atoms with E-state index in [0.717, 1.165) is 10.3 Å². The van der Waals surface area contributed by atoms with Crippen LogP contribution < -0.4 is 31.7 Å². The van der Waals surface area contributed by atoms with E-state index in [0.29, 0.717) is 39.8 Å². The maximum absolute atomic E-state index is 13.5. The Morgan fingerprint density at radius 3 is 2.44 bits per heavy atom. The lowest BCUT2D eigenvalue weighted by molar-refractivity contribution is -0.385.